The van der Waals surface area contributed by atoms with Crippen molar-refractivity contribution < 1.29 is 29.0 Å². The predicted octanol–water partition coefficient (Wildman–Crippen LogP) is 1.79. The Bertz CT molecular complexity index is 403. The first-order chi connectivity index (χ1) is 9.95. The molecule has 0 aliphatic heterocycles. The molecule has 0 aromatic heterocycles. The minimum Gasteiger partial charge on any atom is -0.481 e. The molecule has 0 amide bonds. The monoisotopic (exact) mass is 298 g/mol. The van der Waals surface area contributed by atoms with Crippen molar-refractivity contribution >= 4 is 17.9 Å². The summed E-state index contributed by atoms with van der Waals surface area (Å²) in [7, 11) is 0. The molecule has 6 nitrogen and oxygen atoms in total. The van der Waals surface area contributed by atoms with Gasteiger partial charge in [0.1, 0.15) is 0 Å². The molecule has 0 aromatic rings. The van der Waals surface area contributed by atoms with Gasteiger partial charge in [0, 0.05) is 12.0 Å². The molecule has 1 rings (SSSR count). The van der Waals surface area contributed by atoms with E-state index in [1.807, 2.05) is 0 Å². The van der Waals surface area contributed by atoms with E-state index in [0.717, 1.165) is 18.9 Å². The first-order valence-electron chi connectivity index (χ1n) is 7.14. The number of carboxylic acids is 1. The van der Waals surface area contributed by atoms with Gasteiger partial charge in [-0.2, -0.15) is 0 Å². The van der Waals surface area contributed by atoms with Gasteiger partial charge < -0.3 is 14.6 Å². The summed E-state index contributed by atoms with van der Waals surface area (Å²) in [5, 5.41) is 9.13. The van der Waals surface area contributed by atoms with E-state index in [-0.39, 0.29) is 19.1 Å². The summed E-state index contributed by atoms with van der Waals surface area (Å²) in [4.78, 5) is 34.1. The van der Waals surface area contributed by atoms with Gasteiger partial charge in [0.2, 0.25) is 0 Å². The first-order valence-corrected chi connectivity index (χ1v) is 7.14. The van der Waals surface area contributed by atoms with Crippen molar-refractivity contribution in [3.05, 3.63) is 12.7 Å². The maximum absolute atomic E-state index is 12.0. The third-order valence-corrected chi connectivity index (χ3v) is 3.57. The lowest BCUT2D eigenvalue weighted by Crippen LogP contribution is -2.34. The molecule has 1 saturated carbocycles. The highest BCUT2D eigenvalue weighted by Crippen LogP contribution is 2.31. The fourth-order valence-electron chi connectivity index (χ4n) is 2.37. The number of hydrogen-bond acceptors (Lipinski definition) is 5. The highest BCUT2D eigenvalue weighted by Gasteiger charge is 2.36. The number of carboxylic acid groups (broad SMARTS) is 1. The van der Waals surface area contributed by atoms with Crippen molar-refractivity contribution in [2.45, 2.75) is 32.6 Å². The van der Waals surface area contributed by atoms with Crippen molar-refractivity contribution in [1.29, 1.82) is 0 Å². The second kappa shape index (κ2) is 8.44. The molecule has 6 heteroatoms. The van der Waals surface area contributed by atoms with Gasteiger partial charge in [-0.3, -0.25) is 9.59 Å². The summed E-state index contributed by atoms with van der Waals surface area (Å²) in [5.74, 6) is -3.30. The highest BCUT2D eigenvalue weighted by molar-refractivity contribution is 5.81. The van der Waals surface area contributed by atoms with Crippen LogP contribution in [0.3, 0.4) is 0 Å². The SMILES string of the molecule is C=CC(=O)OCC(C)COC(=O)C1CCCCC1C(=O)O. The van der Waals surface area contributed by atoms with Crippen molar-refractivity contribution in [3.63, 3.8) is 0 Å². The van der Waals surface area contributed by atoms with Crippen LogP contribution >= 0.6 is 0 Å². The van der Waals surface area contributed by atoms with Crippen LogP contribution in [0.1, 0.15) is 32.6 Å². The Morgan fingerprint density at radius 2 is 1.76 bits per heavy atom. The molecule has 0 spiro atoms. The average molecular weight is 298 g/mol. The van der Waals surface area contributed by atoms with E-state index in [1.54, 1.807) is 6.92 Å². The van der Waals surface area contributed by atoms with E-state index < -0.39 is 29.7 Å². The number of ether oxygens (including phenoxy) is 2. The van der Waals surface area contributed by atoms with Gasteiger partial charge in [-0.15, -0.1) is 0 Å². The Balaban J connectivity index is 2.39. The molecule has 3 atom stereocenters. The van der Waals surface area contributed by atoms with E-state index in [2.05, 4.69) is 6.58 Å². The number of carbonyl (C=O) groups excluding carboxylic acids is 2. The molecule has 1 fully saturated rings. The van der Waals surface area contributed by atoms with E-state index in [1.165, 1.54) is 0 Å². The maximum atomic E-state index is 12.0. The van der Waals surface area contributed by atoms with Crippen LogP contribution in [0.2, 0.25) is 0 Å². The van der Waals surface area contributed by atoms with Gasteiger partial charge >= 0.3 is 17.9 Å². The van der Waals surface area contributed by atoms with E-state index in [4.69, 9.17) is 14.6 Å². The minimum atomic E-state index is -0.940. The molecule has 0 saturated heterocycles. The molecule has 0 bridgehead atoms. The van der Waals surface area contributed by atoms with Crippen molar-refractivity contribution in [1.82, 2.24) is 0 Å². The Morgan fingerprint density at radius 3 is 2.33 bits per heavy atom. The van der Waals surface area contributed by atoms with Crippen molar-refractivity contribution in [3.8, 4) is 0 Å². The lowest BCUT2D eigenvalue weighted by Gasteiger charge is -2.27. The third-order valence-electron chi connectivity index (χ3n) is 3.57. The first kappa shape index (κ1) is 17.2. The summed E-state index contributed by atoms with van der Waals surface area (Å²) in [6.07, 6.45) is 3.81. The van der Waals surface area contributed by atoms with Crippen LogP contribution < -0.4 is 0 Å². The number of esters is 2. The fraction of sp³-hybridized carbons (Fsp3) is 0.667. The molecule has 1 aliphatic rings. The number of aliphatic carboxylic acids is 1. The number of hydrogen-bond donors (Lipinski definition) is 1. The summed E-state index contributed by atoms with van der Waals surface area (Å²) in [6.45, 7) is 5.29. The molecule has 1 N–H and O–H groups in total. The minimum absolute atomic E-state index is 0.103. The predicted molar refractivity (Wildman–Crippen MR) is 74.4 cm³/mol. The van der Waals surface area contributed by atoms with Crippen molar-refractivity contribution in [2.24, 2.45) is 17.8 Å². The van der Waals surface area contributed by atoms with Gasteiger partial charge in [-0.1, -0.05) is 26.3 Å². The second-order valence-electron chi connectivity index (χ2n) is 5.41. The lowest BCUT2D eigenvalue weighted by atomic mass is 9.79. The standard InChI is InChI=1S/C15H22O6/c1-3-13(16)20-8-10(2)9-21-15(19)12-7-5-4-6-11(12)14(17)18/h3,10-12H,1,4-9H2,2H3,(H,17,18). The molecule has 3 unspecified atom stereocenters. The average Bonchev–Trinajstić information content (AvgIpc) is 2.49. The van der Waals surface area contributed by atoms with Crippen LogP contribution in [0, 0.1) is 17.8 Å². The van der Waals surface area contributed by atoms with Crippen LogP contribution in [0.15, 0.2) is 12.7 Å². The molecule has 21 heavy (non-hydrogen) atoms. The van der Waals surface area contributed by atoms with E-state index in [0.29, 0.717) is 12.8 Å². The highest BCUT2D eigenvalue weighted by atomic mass is 16.5. The molecule has 1 aliphatic carbocycles. The van der Waals surface area contributed by atoms with Gasteiger partial charge in [0.15, 0.2) is 0 Å². The van der Waals surface area contributed by atoms with Gasteiger partial charge in [0.05, 0.1) is 25.0 Å². The topological polar surface area (TPSA) is 89.9 Å². The van der Waals surface area contributed by atoms with E-state index in [9.17, 15) is 14.4 Å². The summed E-state index contributed by atoms with van der Waals surface area (Å²) in [6, 6.07) is 0. The van der Waals surface area contributed by atoms with Crippen LogP contribution in [0.4, 0.5) is 0 Å². The Labute approximate surface area is 124 Å². The fourth-order valence-corrected chi connectivity index (χ4v) is 2.37. The Morgan fingerprint density at radius 1 is 1.19 bits per heavy atom. The smallest absolute Gasteiger partial charge is 0.330 e. The Kier molecular flexibility index (Phi) is 6.91. The quantitative estimate of drug-likeness (QED) is 0.569. The van der Waals surface area contributed by atoms with Gasteiger partial charge in [0.25, 0.3) is 0 Å². The number of rotatable bonds is 7. The zero-order valence-corrected chi connectivity index (χ0v) is 12.2. The molecule has 118 valence electrons. The van der Waals surface area contributed by atoms with Crippen LogP contribution in [0.25, 0.3) is 0 Å². The van der Waals surface area contributed by atoms with Gasteiger partial charge in [-0.05, 0) is 12.8 Å². The van der Waals surface area contributed by atoms with Crippen LogP contribution in [0.5, 0.6) is 0 Å². The molecular formula is C15H22O6. The zero-order valence-electron chi connectivity index (χ0n) is 12.2. The Hall–Kier alpha value is -1.85. The van der Waals surface area contributed by atoms with Crippen molar-refractivity contribution in [2.75, 3.05) is 13.2 Å². The maximum Gasteiger partial charge on any atom is 0.330 e. The van der Waals surface area contributed by atoms with Crippen LogP contribution in [-0.2, 0) is 23.9 Å². The molecule has 0 heterocycles. The lowest BCUT2D eigenvalue weighted by molar-refractivity contribution is -0.161. The molecule has 0 aromatic carbocycles. The summed E-state index contributed by atoms with van der Waals surface area (Å²) >= 11 is 0. The third kappa shape index (κ3) is 5.57. The molecule has 0 radical (unpaired) electrons. The van der Waals surface area contributed by atoms with Crippen LogP contribution in [-0.4, -0.2) is 36.2 Å². The summed E-state index contributed by atoms with van der Waals surface area (Å²) < 4.78 is 10.0. The normalized spacial score (nSPS) is 22.9. The number of carbonyl (C=O) groups is 3. The largest absolute Gasteiger partial charge is 0.481 e. The zero-order chi connectivity index (χ0) is 15.8. The summed E-state index contributed by atoms with van der Waals surface area (Å²) in [5.41, 5.74) is 0. The second-order valence-corrected chi connectivity index (χ2v) is 5.41. The molecular weight excluding hydrogens is 276 g/mol. The van der Waals surface area contributed by atoms with E-state index >= 15 is 0 Å². The van der Waals surface area contributed by atoms with Gasteiger partial charge in [-0.25, -0.2) is 4.79 Å².